The van der Waals surface area contributed by atoms with Crippen LogP contribution in [0.3, 0.4) is 0 Å². The molecule has 16 heavy (non-hydrogen) atoms. The van der Waals surface area contributed by atoms with E-state index in [0.29, 0.717) is 11.5 Å². The molecule has 0 saturated heterocycles. The molecular weight excluding hydrogens is 339 g/mol. The Kier molecular flexibility index (Phi) is 5.47. The Labute approximate surface area is 116 Å². The van der Waals surface area contributed by atoms with Crippen molar-refractivity contribution in [3.8, 4) is 0 Å². The van der Waals surface area contributed by atoms with Gasteiger partial charge in [-0.15, -0.1) is 12.4 Å². The Bertz CT molecular complexity index is 353. The van der Waals surface area contributed by atoms with E-state index in [1.54, 1.807) is 6.07 Å². The molecule has 0 bridgehead atoms. The van der Waals surface area contributed by atoms with Gasteiger partial charge in [-0.2, -0.15) is 0 Å². The third kappa shape index (κ3) is 3.08. The monoisotopic (exact) mass is 355 g/mol. The molecule has 0 unspecified atom stereocenters. The Balaban J connectivity index is 0.00000128. The molecule has 2 N–H and O–H groups in total. The van der Waals surface area contributed by atoms with Gasteiger partial charge in [0.1, 0.15) is 5.82 Å². The van der Waals surface area contributed by atoms with Crippen molar-refractivity contribution in [3.63, 3.8) is 0 Å². The second-order valence-corrected chi connectivity index (χ2v) is 5.48. The third-order valence-electron chi connectivity index (χ3n) is 3.22. The average molecular weight is 356 g/mol. The summed E-state index contributed by atoms with van der Waals surface area (Å²) in [5.74, 6) is 0.313. The first-order valence-corrected chi connectivity index (χ1v) is 6.47. The van der Waals surface area contributed by atoms with Crippen molar-refractivity contribution < 1.29 is 4.39 Å². The molecule has 0 heterocycles. The highest BCUT2D eigenvalue weighted by Gasteiger charge is 2.25. The Morgan fingerprint density at radius 2 is 1.94 bits per heavy atom. The molecule has 1 saturated carbocycles. The number of hydrogen-bond acceptors (Lipinski definition) is 1. The van der Waals surface area contributed by atoms with Crippen LogP contribution < -0.4 is 5.73 Å². The number of benzene rings is 1. The van der Waals surface area contributed by atoms with E-state index in [1.807, 2.05) is 6.07 Å². The molecule has 1 aliphatic rings. The quantitative estimate of drug-likeness (QED) is 0.796. The van der Waals surface area contributed by atoms with Gasteiger partial charge in [0.15, 0.2) is 0 Å². The van der Waals surface area contributed by atoms with E-state index in [9.17, 15) is 4.39 Å². The maximum atomic E-state index is 13.6. The molecule has 90 valence electrons. The van der Waals surface area contributed by atoms with Gasteiger partial charge in [0.2, 0.25) is 0 Å². The molecule has 0 spiro atoms. The van der Waals surface area contributed by atoms with E-state index in [-0.39, 0.29) is 24.3 Å². The van der Waals surface area contributed by atoms with E-state index in [0.717, 1.165) is 16.4 Å². The fourth-order valence-electron chi connectivity index (χ4n) is 2.34. The summed E-state index contributed by atoms with van der Waals surface area (Å²) in [6.07, 6.45) is 4.77. The van der Waals surface area contributed by atoms with Crippen LogP contribution in [-0.4, -0.2) is 0 Å². The second kappa shape index (κ2) is 6.17. The highest BCUT2D eigenvalue weighted by molar-refractivity contribution is 14.1. The molecule has 1 aromatic carbocycles. The second-order valence-electron chi connectivity index (χ2n) is 4.24. The van der Waals surface area contributed by atoms with Crippen LogP contribution in [0, 0.1) is 15.3 Å². The van der Waals surface area contributed by atoms with Crippen LogP contribution in [0.2, 0.25) is 0 Å². The van der Waals surface area contributed by atoms with E-state index in [4.69, 9.17) is 5.73 Å². The van der Waals surface area contributed by atoms with Crippen molar-refractivity contribution in [1.29, 1.82) is 0 Å². The summed E-state index contributed by atoms with van der Waals surface area (Å²) in [4.78, 5) is 0. The van der Waals surface area contributed by atoms with E-state index < -0.39 is 0 Å². The SMILES string of the molecule is Cl.N[C@@H](c1cc(I)ccc1F)C1CCCC1. The van der Waals surface area contributed by atoms with Gasteiger partial charge in [-0.25, -0.2) is 4.39 Å². The molecule has 1 aromatic rings. The average Bonchev–Trinajstić information content (AvgIpc) is 2.74. The summed E-state index contributed by atoms with van der Waals surface area (Å²) in [6, 6.07) is 5.05. The minimum Gasteiger partial charge on any atom is -0.324 e. The molecule has 0 aromatic heterocycles. The van der Waals surface area contributed by atoms with Crippen LogP contribution in [0.1, 0.15) is 37.3 Å². The predicted molar refractivity (Wildman–Crippen MR) is 75.3 cm³/mol. The standard InChI is InChI=1S/C12H15FIN.ClH/c13-11-6-5-9(14)7-10(11)12(15)8-3-1-2-4-8;/h5-8,12H,1-4,15H2;1H/t12-;/m1./s1. The molecular formula is C12H16ClFIN. The lowest BCUT2D eigenvalue weighted by Gasteiger charge is -2.19. The van der Waals surface area contributed by atoms with Crippen molar-refractivity contribution in [2.75, 3.05) is 0 Å². The van der Waals surface area contributed by atoms with Crippen LogP contribution in [0.25, 0.3) is 0 Å². The topological polar surface area (TPSA) is 26.0 Å². The first-order valence-electron chi connectivity index (χ1n) is 5.39. The lowest BCUT2D eigenvalue weighted by Crippen LogP contribution is -2.20. The highest BCUT2D eigenvalue weighted by Crippen LogP contribution is 2.35. The van der Waals surface area contributed by atoms with Crippen LogP contribution in [-0.2, 0) is 0 Å². The van der Waals surface area contributed by atoms with Gasteiger partial charge in [0.25, 0.3) is 0 Å². The summed E-state index contributed by atoms with van der Waals surface area (Å²) in [6.45, 7) is 0. The Morgan fingerprint density at radius 1 is 1.31 bits per heavy atom. The maximum absolute atomic E-state index is 13.6. The van der Waals surface area contributed by atoms with Crippen molar-refractivity contribution >= 4 is 35.0 Å². The molecule has 1 atom stereocenters. The zero-order valence-electron chi connectivity index (χ0n) is 8.96. The first kappa shape index (κ1) is 14.2. The number of hydrogen-bond donors (Lipinski definition) is 1. The summed E-state index contributed by atoms with van der Waals surface area (Å²) < 4.78 is 14.6. The summed E-state index contributed by atoms with van der Waals surface area (Å²) in [7, 11) is 0. The fourth-order valence-corrected chi connectivity index (χ4v) is 2.86. The van der Waals surface area contributed by atoms with Gasteiger partial charge in [-0.05, 0) is 59.5 Å². The van der Waals surface area contributed by atoms with Crippen LogP contribution in [0.15, 0.2) is 18.2 Å². The van der Waals surface area contributed by atoms with Gasteiger partial charge < -0.3 is 5.73 Å². The minimum atomic E-state index is -0.158. The van der Waals surface area contributed by atoms with E-state index in [2.05, 4.69) is 22.6 Å². The van der Waals surface area contributed by atoms with Gasteiger partial charge in [0, 0.05) is 15.2 Å². The van der Waals surface area contributed by atoms with E-state index in [1.165, 1.54) is 18.9 Å². The first-order chi connectivity index (χ1) is 7.18. The van der Waals surface area contributed by atoms with Crippen LogP contribution in [0.5, 0.6) is 0 Å². The normalized spacial score (nSPS) is 18.2. The Morgan fingerprint density at radius 3 is 2.56 bits per heavy atom. The van der Waals surface area contributed by atoms with Gasteiger partial charge in [0.05, 0.1) is 0 Å². The zero-order valence-corrected chi connectivity index (χ0v) is 11.9. The summed E-state index contributed by atoms with van der Waals surface area (Å²) >= 11 is 2.20. The maximum Gasteiger partial charge on any atom is 0.128 e. The van der Waals surface area contributed by atoms with Crippen molar-refractivity contribution in [1.82, 2.24) is 0 Å². The predicted octanol–water partition coefficient (Wildman–Crippen LogP) is 4.04. The molecule has 1 fully saturated rings. The van der Waals surface area contributed by atoms with Crippen molar-refractivity contribution in [2.24, 2.45) is 11.7 Å². The van der Waals surface area contributed by atoms with Crippen LogP contribution in [0.4, 0.5) is 4.39 Å². The van der Waals surface area contributed by atoms with Gasteiger partial charge in [-0.3, -0.25) is 0 Å². The zero-order chi connectivity index (χ0) is 10.8. The molecule has 0 amide bonds. The molecule has 1 aliphatic carbocycles. The van der Waals surface area contributed by atoms with Crippen LogP contribution >= 0.6 is 35.0 Å². The highest BCUT2D eigenvalue weighted by atomic mass is 127. The fraction of sp³-hybridized carbons (Fsp3) is 0.500. The number of nitrogens with two attached hydrogens (primary N) is 1. The largest absolute Gasteiger partial charge is 0.324 e. The molecule has 0 radical (unpaired) electrons. The summed E-state index contributed by atoms with van der Waals surface area (Å²) in [5.41, 5.74) is 6.82. The smallest absolute Gasteiger partial charge is 0.128 e. The molecule has 2 rings (SSSR count). The molecule has 1 nitrogen and oxygen atoms in total. The van der Waals surface area contributed by atoms with Gasteiger partial charge >= 0.3 is 0 Å². The lowest BCUT2D eigenvalue weighted by atomic mass is 9.92. The lowest BCUT2D eigenvalue weighted by molar-refractivity contribution is 0.428. The van der Waals surface area contributed by atoms with Gasteiger partial charge in [-0.1, -0.05) is 12.8 Å². The molecule has 4 heteroatoms. The van der Waals surface area contributed by atoms with Crippen molar-refractivity contribution in [3.05, 3.63) is 33.1 Å². The molecule has 0 aliphatic heterocycles. The number of rotatable bonds is 2. The summed E-state index contributed by atoms with van der Waals surface area (Å²) in [5, 5.41) is 0. The third-order valence-corrected chi connectivity index (χ3v) is 3.90. The van der Waals surface area contributed by atoms with Crippen molar-refractivity contribution in [2.45, 2.75) is 31.7 Å². The van der Waals surface area contributed by atoms with E-state index >= 15 is 0 Å². The minimum absolute atomic E-state index is 0. The number of halogens is 3. The Hall–Kier alpha value is 0.130.